The standard InChI is InChI=1S/C6H12N2O4/c1-3-8(4-7-11)6(10)12-5(2)9/h4-5,9,11H,3H2,1-2H3. The molecule has 70 valence electrons. The predicted octanol–water partition coefficient (Wildman–Crippen LogP) is 0.201. The van der Waals surface area contributed by atoms with Crippen LogP contribution in [0.5, 0.6) is 0 Å². The van der Waals surface area contributed by atoms with Gasteiger partial charge in [0.15, 0.2) is 6.29 Å². The maximum absolute atomic E-state index is 10.9. The molecular formula is C6H12N2O4. The minimum Gasteiger partial charge on any atom is -0.420 e. The highest BCUT2D eigenvalue weighted by Gasteiger charge is 2.12. The van der Waals surface area contributed by atoms with E-state index in [1.807, 2.05) is 0 Å². The fraction of sp³-hybridized carbons (Fsp3) is 0.667. The summed E-state index contributed by atoms with van der Waals surface area (Å²) in [6.45, 7) is 3.28. The highest BCUT2D eigenvalue weighted by molar-refractivity contribution is 5.82. The van der Waals surface area contributed by atoms with Gasteiger partial charge in [0, 0.05) is 6.54 Å². The van der Waals surface area contributed by atoms with Crippen LogP contribution in [0.15, 0.2) is 5.16 Å². The van der Waals surface area contributed by atoms with Crippen LogP contribution >= 0.6 is 0 Å². The number of nitrogens with zero attached hydrogens (tertiary/aromatic N) is 2. The molecule has 6 heteroatoms. The lowest BCUT2D eigenvalue weighted by molar-refractivity contribution is -0.0446. The molecule has 0 fully saturated rings. The highest BCUT2D eigenvalue weighted by atomic mass is 16.6. The van der Waals surface area contributed by atoms with Crippen molar-refractivity contribution in [2.75, 3.05) is 6.54 Å². The molecule has 0 aromatic heterocycles. The number of hydrogen-bond donors (Lipinski definition) is 2. The topological polar surface area (TPSA) is 82.4 Å². The summed E-state index contributed by atoms with van der Waals surface area (Å²) >= 11 is 0. The average Bonchev–Trinajstić information content (AvgIpc) is 1.98. The van der Waals surface area contributed by atoms with Gasteiger partial charge in [-0.2, -0.15) is 0 Å². The molecule has 0 spiro atoms. The van der Waals surface area contributed by atoms with Crippen molar-refractivity contribution in [1.82, 2.24) is 4.90 Å². The Bertz CT molecular complexity index is 169. The van der Waals surface area contributed by atoms with E-state index >= 15 is 0 Å². The highest BCUT2D eigenvalue weighted by Crippen LogP contribution is 1.93. The molecule has 1 amide bonds. The maximum Gasteiger partial charge on any atom is 0.417 e. The summed E-state index contributed by atoms with van der Waals surface area (Å²) in [5, 5.41) is 19.4. The van der Waals surface area contributed by atoms with Crippen LogP contribution in [0.4, 0.5) is 4.79 Å². The van der Waals surface area contributed by atoms with Gasteiger partial charge in [0.25, 0.3) is 0 Å². The van der Waals surface area contributed by atoms with E-state index in [1.54, 1.807) is 6.92 Å². The van der Waals surface area contributed by atoms with E-state index < -0.39 is 12.4 Å². The second-order valence-corrected chi connectivity index (χ2v) is 2.00. The molecule has 0 saturated carbocycles. The Balaban J connectivity index is 4.03. The summed E-state index contributed by atoms with van der Waals surface area (Å²) in [7, 11) is 0. The zero-order chi connectivity index (χ0) is 9.56. The van der Waals surface area contributed by atoms with Gasteiger partial charge in [0.2, 0.25) is 0 Å². The second kappa shape index (κ2) is 5.36. The SMILES string of the molecule is CCN(C=NO)C(=O)OC(C)O. The van der Waals surface area contributed by atoms with Gasteiger partial charge in [-0.05, 0) is 13.8 Å². The third-order valence-corrected chi connectivity index (χ3v) is 1.04. The molecule has 0 radical (unpaired) electrons. The number of carbonyl (C=O) groups excluding carboxylic acids is 1. The lowest BCUT2D eigenvalue weighted by atomic mass is 10.6. The first-order chi connectivity index (χ1) is 5.61. The summed E-state index contributed by atoms with van der Waals surface area (Å²) < 4.78 is 4.40. The van der Waals surface area contributed by atoms with Gasteiger partial charge in [-0.3, -0.25) is 4.90 Å². The third kappa shape index (κ3) is 3.77. The summed E-state index contributed by atoms with van der Waals surface area (Å²) in [4.78, 5) is 11.9. The lowest BCUT2D eigenvalue weighted by Crippen LogP contribution is -2.32. The van der Waals surface area contributed by atoms with Gasteiger partial charge in [-0.1, -0.05) is 5.16 Å². The number of carbonyl (C=O) groups is 1. The normalized spacial score (nSPS) is 12.9. The van der Waals surface area contributed by atoms with Gasteiger partial charge < -0.3 is 15.1 Å². The Morgan fingerprint density at radius 3 is 2.75 bits per heavy atom. The second-order valence-electron chi connectivity index (χ2n) is 2.00. The Labute approximate surface area is 70.0 Å². The molecule has 0 aliphatic rings. The van der Waals surface area contributed by atoms with Crippen molar-refractivity contribution in [3.8, 4) is 0 Å². The van der Waals surface area contributed by atoms with Gasteiger partial charge in [0.05, 0.1) is 0 Å². The van der Waals surface area contributed by atoms with Crippen molar-refractivity contribution in [2.45, 2.75) is 20.1 Å². The molecule has 0 saturated heterocycles. The smallest absolute Gasteiger partial charge is 0.417 e. The summed E-state index contributed by atoms with van der Waals surface area (Å²) in [6, 6.07) is 0. The lowest BCUT2D eigenvalue weighted by Gasteiger charge is -2.15. The number of oxime groups is 1. The van der Waals surface area contributed by atoms with Crippen molar-refractivity contribution in [1.29, 1.82) is 0 Å². The molecule has 1 unspecified atom stereocenters. The zero-order valence-electron chi connectivity index (χ0n) is 6.97. The number of aliphatic hydroxyl groups is 1. The molecule has 0 aliphatic carbocycles. The summed E-state index contributed by atoms with van der Waals surface area (Å²) in [6.07, 6.45) is -1.02. The fourth-order valence-electron chi connectivity index (χ4n) is 0.534. The molecular weight excluding hydrogens is 164 g/mol. The van der Waals surface area contributed by atoms with E-state index in [-0.39, 0.29) is 0 Å². The molecule has 12 heavy (non-hydrogen) atoms. The molecule has 0 bridgehead atoms. The molecule has 1 atom stereocenters. The Morgan fingerprint density at radius 2 is 2.42 bits per heavy atom. The molecule has 6 nitrogen and oxygen atoms in total. The first kappa shape index (κ1) is 10.7. The van der Waals surface area contributed by atoms with E-state index in [0.29, 0.717) is 6.54 Å². The zero-order valence-corrected chi connectivity index (χ0v) is 6.97. The van der Waals surface area contributed by atoms with E-state index in [0.717, 1.165) is 11.2 Å². The molecule has 2 N–H and O–H groups in total. The van der Waals surface area contributed by atoms with Crippen molar-refractivity contribution in [2.24, 2.45) is 5.16 Å². The van der Waals surface area contributed by atoms with Crippen LogP contribution in [-0.4, -0.2) is 40.5 Å². The number of hydrogen-bond acceptors (Lipinski definition) is 5. The monoisotopic (exact) mass is 176 g/mol. The van der Waals surface area contributed by atoms with Crippen molar-refractivity contribution < 1.29 is 19.8 Å². The first-order valence-electron chi connectivity index (χ1n) is 3.44. The number of aliphatic hydroxyl groups excluding tert-OH is 1. The predicted molar refractivity (Wildman–Crippen MR) is 40.8 cm³/mol. The van der Waals surface area contributed by atoms with Gasteiger partial charge in [-0.25, -0.2) is 4.79 Å². The Hall–Kier alpha value is -1.30. The Kier molecular flexibility index (Phi) is 4.78. The third-order valence-electron chi connectivity index (χ3n) is 1.04. The van der Waals surface area contributed by atoms with Crippen molar-refractivity contribution in [3.63, 3.8) is 0 Å². The van der Waals surface area contributed by atoms with Crippen LogP contribution in [0, 0.1) is 0 Å². The van der Waals surface area contributed by atoms with Crippen LogP contribution in [0.2, 0.25) is 0 Å². The van der Waals surface area contributed by atoms with E-state index in [2.05, 4.69) is 9.89 Å². The quantitative estimate of drug-likeness (QED) is 0.211. The van der Waals surface area contributed by atoms with Crippen LogP contribution < -0.4 is 0 Å². The maximum atomic E-state index is 10.9. The van der Waals surface area contributed by atoms with Crippen LogP contribution in [0.25, 0.3) is 0 Å². The van der Waals surface area contributed by atoms with Gasteiger partial charge >= 0.3 is 6.09 Å². The number of ether oxygens (including phenoxy) is 1. The van der Waals surface area contributed by atoms with Crippen LogP contribution in [0.3, 0.4) is 0 Å². The molecule has 0 aliphatic heterocycles. The van der Waals surface area contributed by atoms with E-state index in [9.17, 15) is 4.79 Å². The average molecular weight is 176 g/mol. The Morgan fingerprint density at radius 1 is 1.83 bits per heavy atom. The molecule has 0 aromatic carbocycles. The summed E-state index contributed by atoms with van der Waals surface area (Å²) in [5.74, 6) is 0. The number of rotatable bonds is 3. The van der Waals surface area contributed by atoms with E-state index in [4.69, 9.17) is 10.3 Å². The minimum absolute atomic E-state index is 0.301. The van der Waals surface area contributed by atoms with Crippen molar-refractivity contribution >= 4 is 12.4 Å². The summed E-state index contributed by atoms with van der Waals surface area (Å²) in [5.41, 5.74) is 0. The first-order valence-corrected chi connectivity index (χ1v) is 3.44. The van der Waals surface area contributed by atoms with Crippen LogP contribution in [-0.2, 0) is 4.74 Å². The largest absolute Gasteiger partial charge is 0.420 e. The minimum atomic E-state index is -1.17. The number of amides is 1. The molecule has 0 heterocycles. The van der Waals surface area contributed by atoms with Gasteiger partial charge in [0.1, 0.15) is 6.34 Å². The van der Waals surface area contributed by atoms with Crippen LogP contribution in [0.1, 0.15) is 13.8 Å². The van der Waals surface area contributed by atoms with Gasteiger partial charge in [-0.15, -0.1) is 0 Å². The van der Waals surface area contributed by atoms with Crippen molar-refractivity contribution in [3.05, 3.63) is 0 Å². The fourth-order valence-corrected chi connectivity index (χ4v) is 0.534. The molecule has 0 rings (SSSR count). The van der Waals surface area contributed by atoms with E-state index in [1.165, 1.54) is 6.92 Å². The molecule has 0 aromatic rings.